The second kappa shape index (κ2) is 5.24. The van der Waals surface area contributed by atoms with E-state index in [1.807, 2.05) is 13.0 Å². The molecule has 0 bridgehead atoms. The summed E-state index contributed by atoms with van der Waals surface area (Å²) in [5.74, 6) is 1.41. The fourth-order valence-corrected chi connectivity index (χ4v) is 1.37. The Bertz CT molecular complexity index is 350. The molecule has 0 aliphatic heterocycles. The van der Waals surface area contributed by atoms with Gasteiger partial charge in [-0.3, -0.25) is 0 Å². The highest BCUT2D eigenvalue weighted by Gasteiger charge is 2.08. The number of nitrogens with one attached hydrogen (secondary N) is 1. The first-order valence-corrected chi connectivity index (χ1v) is 4.63. The zero-order chi connectivity index (χ0) is 11.3. The summed E-state index contributed by atoms with van der Waals surface area (Å²) >= 11 is 0. The van der Waals surface area contributed by atoms with Crippen molar-refractivity contribution in [1.29, 1.82) is 0 Å². The van der Waals surface area contributed by atoms with E-state index < -0.39 is 0 Å². The summed E-state index contributed by atoms with van der Waals surface area (Å²) < 4.78 is 10.3. The number of hydrogen-bond donors (Lipinski definition) is 1. The van der Waals surface area contributed by atoms with Gasteiger partial charge in [0, 0.05) is 6.07 Å². The molecule has 15 heavy (non-hydrogen) atoms. The number of carbonyl (C=O) groups is 1. The Kier molecular flexibility index (Phi) is 3.97. The van der Waals surface area contributed by atoms with Gasteiger partial charge in [-0.25, -0.2) is 0 Å². The largest absolute Gasteiger partial charge is 0.497 e. The first-order valence-electron chi connectivity index (χ1n) is 4.63. The molecular formula is C11H15NO3. The average molecular weight is 209 g/mol. The van der Waals surface area contributed by atoms with E-state index in [0.717, 1.165) is 23.3 Å². The molecule has 4 nitrogen and oxygen atoms in total. The quantitative estimate of drug-likeness (QED) is 0.749. The molecule has 0 atom stereocenters. The summed E-state index contributed by atoms with van der Waals surface area (Å²) in [6.07, 6.45) is 0.809. The highest BCUT2D eigenvalue weighted by atomic mass is 16.5. The molecule has 82 valence electrons. The van der Waals surface area contributed by atoms with Crippen LogP contribution in [-0.2, 0) is 4.79 Å². The van der Waals surface area contributed by atoms with Crippen LogP contribution in [0.15, 0.2) is 12.1 Å². The van der Waals surface area contributed by atoms with E-state index in [0.29, 0.717) is 5.75 Å². The van der Waals surface area contributed by atoms with E-state index in [-0.39, 0.29) is 6.54 Å². The number of anilines is 1. The molecule has 0 heterocycles. The van der Waals surface area contributed by atoms with Gasteiger partial charge in [0.1, 0.15) is 17.8 Å². The van der Waals surface area contributed by atoms with Crippen LogP contribution in [-0.4, -0.2) is 27.1 Å². The molecule has 0 saturated carbocycles. The van der Waals surface area contributed by atoms with Gasteiger partial charge in [0.15, 0.2) is 0 Å². The Balaban J connectivity index is 3.06. The van der Waals surface area contributed by atoms with E-state index in [4.69, 9.17) is 9.47 Å². The standard InChI is InChI=1S/C11H15NO3/c1-8-6-9(14-2)7-10(15-3)11(8)12-4-5-13/h5-7,12H,4H2,1-3H3. The average Bonchev–Trinajstić information content (AvgIpc) is 2.26. The van der Waals surface area contributed by atoms with E-state index >= 15 is 0 Å². The van der Waals surface area contributed by atoms with Gasteiger partial charge in [-0.15, -0.1) is 0 Å². The molecule has 1 aromatic rings. The highest BCUT2D eigenvalue weighted by molar-refractivity contribution is 5.68. The number of methoxy groups -OCH3 is 2. The van der Waals surface area contributed by atoms with E-state index in [1.165, 1.54) is 0 Å². The molecule has 0 aliphatic carbocycles. The van der Waals surface area contributed by atoms with Crippen LogP contribution < -0.4 is 14.8 Å². The topological polar surface area (TPSA) is 47.6 Å². The third-order valence-corrected chi connectivity index (χ3v) is 2.09. The summed E-state index contributed by atoms with van der Waals surface area (Å²) in [6.45, 7) is 2.20. The zero-order valence-electron chi connectivity index (χ0n) is 9.16. The monoisotopic (exact) mass is 209 g/mol. The predicted molar refractivity (Wildman–Crippen MR) is 58.8 cm³/mol. The second-order valence-corrected chi connectivity index (χ2v) is 3.07. The zero-order valence-corrected chi connectivity index (χ0v) is 9.16. The Hall–Kier alpha value is -1.71. The van der Waals surface area contributed by atoms with Crippen LogP contribution in [0.2, 0.25) is 0 Å². The minimum Gasteiger partial charge on any atom is -0.497 e. The lowest BCUT2D eigenvalue weighted by Crippen LogP contribution is -2.05. The van der Waals surface area contributed by atoms with Crippen molar-refractivity contribution in [2.75, 3.05) is 26.1 Å². The minimum atomic E-state index is 0.267. The maximum absolute atomic E-state index is 10.3. The van der Waals surface area contributed by atoms with E-state index in [2.05, 4.69) is 5.32 Å². The van der Waals surface area contributed by atoms with Crippen molar-refractivity contribution in [1.82, 2.24) is 0 Å². The molecule has 0 unspecified atom stereocenters. The van der Waals surface area contributed by atoms with Crippen LogP contribution in [0.5, 0.6) is 11.5 Å². The molecule has 0 aliphatic rings. The number of hydrogen-bond acceptors (Lipinski definition) is 4. The van der Waals surface area contributed by atoms with Gasteiger partial charge in [0.2, 0.25) is 0 Å². The molecule has 1 aromatic carbocycles. The Morgan fingerprint density at radius 2 is 2.07 bits per heavy atom. The van der Waals surface area contributed by atoms with Crippen molar-refractivity contribution < 1.29 is 14.3 Å². The second-order valence-electron chi connectivity index (χ2n) is 3.07. The van der Waals surface area contributed by atoms with Crippen molar-refractivity contribution in [3.63, 3.8) is 0 Å². The van der Waals surface area contributed by atoms with Crippen molar-refractivity contribution in [3.8, 4) is 11.5 Å². The normalized spacial score (nSPS) is 9.53. The minimum absolute atomic E-state index is 0.267. The molecule has 1 N–H and O–H groups in total. The molecule has 0 radical (unpaired) electrons. The van der Waals surface area contributed by atoms with Gasteiger partial charge in [-0.05, 0) is 18.6 Å². The number of carbonyl (C=O) groups excluding carboxylic acids is 1. The predicted octanol–water partition coefficient (Wildman–Crippen LogP) is 1.62. The fourth-order valence-electron chi connectivity index (χ4n) is 1.37. The van der Waals surface area contributed by atoms with Gasteiger partial charge in [0.05, 0.1) is 26.5 Å². The molecule has 0 saturated heterocycles. The van der Waals surface area contributed by atoms with Crippen LogP contribution in [0.1, 0.15) is 5.56 Å². The van der Waals surface area contributed by atoms with Gasteiger partial charge in [-0.1, -0.05) is 0 Å². The first-order chi connectivity index (χ1) is 7.22. The van der Waals surface area contributed by atoms with E-state index in [1.54, 1.807) is 20.3 Å². The van der Waals surface area contributed by atoms with Gasteiger partial charge >= 0.3 is 0 Å². The van der Waals surface area contributed by atoms with Crippen molar-refractivity contribution in [3.05, 3.63) is 17.7 Å². The molecule has 4 heteroatoms. The smallest absolute Gasteiger partial charge is 0.145 e. The fraction of sp³-hybridized carbons (Fsp3) is 0.364. The SMILES string of the molecule is COc1cc(C)c(NCC=O)c(OC)c1. The lowest BCUT2D eigenvalue weighted by Gasteiger charge is -2.13. The van der Waals surface area contributed by atoms with Crippen LogP contribution in [0.4, 0.5) is 5.69 Å². The van der Waals surface area contributed by atoms with Crippen LogP contribution in [0, 0.1) is 6.92 Å². The molecule has 0 spiro atoms. The third kappa shape index (κ3) is 2.62. The number of aryl methyl sites for hydroxylation is 1. The lowest BCUT2D eigenvalue weighted by atomic mass is 10.1. The maximum Gasteiger partial charge on any atom is 0.145 e. The third-order valence-electron chi connectivity index (χ3n) is 2.09. The van der Waals surface area contributed by atoms with Crippen LogP contribution in [0.3, 0.4) is 0 Å². The van der Waals surface area contributed by atoms with Crippen LogP contribution in [0.25, 0.3) is 0 Å². The Labute approximate surface area is 89.2 Å². The van der Waals surface area contributed by atoms with Gasteiger partial charge in [0.25, 0.3) is 0 Å². The Morgan fingerprint density at radius 3 is 2.60 bits per heavy atom. The Morgan fingerprint density at radius 1 is 1.33 bits per heavy atom. The van der Waals surface area contributed by atoms with Crippen molar-refractivity contribution in [2.24, 2.45) is 0 Å². The first kappa shape index (κ1) is 11.4. The number of rotatable bonds is 5. The molecule has 0 fully saturated rings. The summed E-state index contributed by atoms with van der Waals surface area (Å²) in [6, 6.07) is 3.66. The van der Waals surface area contributed by atoms with E-state index in [9.17, 15) is 4.79 Å². The van der Waals surface area contributed by atoms with Crippen molar-refractivity contribution in [2.45, 2.75) is 6.92 Å². The summed E-state index contributed by atoms with van der Waals surface area (Å²) in [5, 5.41) is 2.98. The van der Waals surface area contributed by atoms with Gasteiger partial charge in [-0.2, -0.15) is 0 Å². The summed E-state index contributed by atoms with van der Waals surface area (Å²) in [4.78, 5) is 10.3. The summed E-state index contributed by atoms with van der Waals surface area (Å²) in [5.41, 5.74) is 1.80. The summed E-state index contributed by atoms with van der Waals surface area (Å²) in [7, 11) is 3.19. The molecule has 0 amide bonds. The number of benzene rings is 1. The highest BCUT2D eigenvalue weighted by Crippen LogP contribution is 2.32. The maximum atomic E-state index is 10.3. The number of ether oxygens (including phenoxy) is 2. The van der Waals surface area contributed by atoms with Crippen LogP contribution >= 0.6 is 0 Å². The lowest BCUT2D eigenvalue weighted by molar-refractivity contribution is -0.106. The van der Waals surface area contributed by atoms with Crippen molar-refractivity contribution >= 4 is 12.0 Å². The molecular weight excluding hydrogens is 194 g/mol. The number of aldehydes is 1. The molecule has 1 rings (SSSR count). The van der Waals surface area contributed by atoms with Gasteiger partial charge < -0.3 is 19.6 Å². The molecule has 0 aromatic heterocycles.